The minimum Gasteiger partial charge on any atom is -0.319 e. The lowest BCUT2D eigenvalue weighted by molar-refractivity contribution is -0.384. The van der Waals surface area contributed by atoms with E-state index < -0.39 is 10.8 Å². The van der Waals surface area contributed by atoms with E-state index in [-0.39, 0.29) is 22.6 Å². The molecule has 8 nitrogen and oxygen atoms in total. The maximum atomic E-state index is 12.4. The molecule has 0 saturated heterocycles. The molecule has 3 aromatic rings. The fraction of sp³-hybridized carbons (Fsp3) is 0.0556. The first kappa shape index (κ1) is 16.9. The number of H-pyrrole nitrogens is 1. The van der Waals surface area contributed by atoms with Gasteiger partial charge in [-0.1, -0.05) is 29.8 Å². The molecule has 0 saturated carbocycles. The highest BCUT2D eigenvalue weighted by Crippen LogP contribution is 2.23. The predicted octanol–water partition coefficient (Wildman–Crippen LogP) is 3.42. The van der Waals surface area contributed by atoms with Crippen molar-refractivity contribution >= 4 is 17.3 Å². The number of hydrogen-bond acceptors (Lipinski definition) is 5. The molecule has 0 aliphatic heterocycles. The lowest BCUT2D eigenvalue weighted by atomic mass is 10.1. The molecule has 0 unspecified atom stereocenters. The van der Waals surface area contributed by atoms with Crippen molar-refractivity contribution in [3.05, 3.63) is 75.5 Å². The molecule has 8 heteroatoms. The molecule has 2 N–H and O–H groups in total. The van der Waals surface area contributed by atoms with Crippen molar-refractivity contribution in [1.29, 1.82) is 5.26 Å². The third-order valence-corrected chi connectivity index (χ3v) is 3.75. The maximum absolute atomic E-state index is 12.4. The highest BCUT2D eigenvalue weighted by Gasteiger charge is 2.15. The Labute approximate surface area is 148 Å². The molecular formula is C18H13N5O3. The zero-order valence-electron chi connectivity index (χ0n) is 13.7. The van der Waals surface area contributed by atoms with Gasteiger partial charge in [0.25, 0.3) is 11.6 Å². The minimum atomic E-state index is -0.602. The normalized spacial score (nSPS) is 10.2. The number of nitro groups is 1. The SMILES string of the molecule is Cc1ccc(-c2cc(C(=O)Nc3ccc([N+](=O)[O-])cc3C#N)[nH]n2)cc1. The van der Waals surface area contributed by atoms with Crippen LogP contribution in [0.3, 0.4) is 0 Å². The van der Waals surface area contributed by atoms with Gasteiger partial charge in [-0.2, -0.15) is 10.4 Å². The molecule has 0 atom stereocenters. The number of hydrogen-bond donors (Lipinski definition) is 2. The third-order valence-electron chi connectivity index (χ3n) is 3.75. The average Bonchev–Trinajstić information content (AvgIpc) is 3.12. The maximum Gasteiger partial charge on any atom is 0.273 e. The predicted molar refractivity (Wildman–Crippen MR) is 94.5 cm³/mol. The van der Waals surface area contributed by atoms with Crippen molar-refractivity contribution < 1.29 is 9.72 Å². The fourth-order valence-electron chi connectivity index (χ4n) is 2.35. The average molecular weight is 347 g/mol. The highest BCUT2D eigenvalue weighted by atomic mass is 16.6. The molecule has 1 heterocycles. The van der Waals surface area contributed by atoms with Crippen molar-refractivity contribution in [2.75, 3.05) is 5.32 Å². The zero-order valence-corrected chi connectivity index (χ0v) is 13.7. The molecule has 0 spiro atoms. The Morgan fingerprint density at radius 3 is 2.62 bits per heavy atom. The number of aromatic amines is 1. The molecule has 1 aromatic heterocycles. The van der Waals surface area contributed by atoms with Crippen molar-refractivity contribution in [3.63, 3.8) is 0 Å². The smallest absolute Gasteiger partial charge is 0.273 e. The van der Waals surface area contributed by atoms with E-state index in [9.17, 15) is 14.9 Å². The summed E-state index contributed by atoms with van der Waals surface area (Å²) in [6.45, 7) is 1.98. The molecule has 0 fully saturated rings. The molecule has 1 amide bonds. The van der Waals surface area contributed by atoms with E-state index in [1.54, 1.807) is 6.07 Å². The molecule has 0 radical (unpaired) electrons. The molecule has 3 rings (SSSR count). The van der Waals surface area contributed by atoms with E-state index in [1.807, 2.05) is 37.3 Å². The first-order chi connectivity index (χ1) is 12.5. The molecule has 0 aliphatic carbocycles. The highest BCUT2D eigenvalue weighted by molar-refractivity contribution is 6.04. The van der Waals surface area contributed by atoms with E-state index in [1.165, 1.54) is 12.1 Å². The van der Waals surface area contributed by atoms with Crippen LogP contribution in [0.2, 0.25) is 0 Å². The summed E-state index contributed by atoms with van der Waals surface area (Å²) >= 11 is 0. The zero-order chi connectivity index (χ0) is 18.7. The summed E-state index contributed by atoms with van der Waals surface area (Å²) in [6, 6.07) is 14.8. The van der Waals surface area contributed by atoms with Gasteiger partial charge in [-0.05, 0) is 19.1 Å². The molecular weight excluding hydrogens is 334 g/mol. The largest absolute Gasteiger partial charge is 0.319 e. The van der Waals surface area contributed by atoms with Gasteiger partial charge in [-0.15, -0.1) is 0 Å². The Kier molecular flexibility index (Phi) is 4.45. The summed E-state index contributed by atoms with van der Waals surface area (Å²) in [4.78, 5) is 22.6. The second kappa shape index (κ2) is 6.86. The van der Waals surface area contributed by atoms with Gasteiger partial charge < -0.3 is 5.32 Å². The Morgan fingerprint density at radius 2 is 1.96 bits per heavy atom. The van der Waals surface area contributed by atoms with E-state index in [2.05, 4.69) is 15.5 Å². The summed E-state index contributed by atoms with van der Waals surface area (Å²) in [6.07, 6.45) is 0. The summed E-state index contributed by atoms with van der Waals surface area (Å²) in [7, 11) is 0. The summed E-state index contributed by atoms with van der Waals surface area (Å²) in [5, 5.41) is 29.3. The van der Waals surface area contributed by atoms with Crippen LogP contribution >= 0.6 is 0 Å². The van der Waals surface area contributed by atoms with Gasteiger partial charge in [-0.3, -0.25) is 20.0 Å². The monoisotopic (exact) mass is 347 g/mol. The Balaban J connectivity index is 1.82. The molecule has 26 heavy (non-hydrogen) atoms. The van der Waals surface area contributed by atoms with Gasteiger partial charge >= 0.3 is 0 Å². The number of nitriles is 1. The number of carbonyl (C=O) groups is 1. The second-order valence-electron chi connectivity index (χ2n) is 5.59. The van der Waals surface area contributed by atoms with Crippen LogP contribution < -0.4 is 5.32 Å². The number of rotatable bonds is 4. The van der Waals surface area contributed by atoms with Gasteiger partial charge in [0.2, 0.25) is 0 Å². The number of benzene rings is 2. The lowest BCUT2D eigenvalue weighted by Crippen LogP contribution is -2.13. The number of nitrogens with zero attached hydrogens (tertiary/aromatic N) is 3. The van der Waals surface area contributed by atoms with E-state index in [4.69, 9.17) is 5.26 Å². The molecule has 2 aromatic carbocycles. The number of aromatic nitrogens is 2. The Bertz CT molecular complexity index is 1030. The topological polar surface area (TPSA) is 125 Å². The van der Waals surface area contributed by atoms with Gasteiger partial charge in [0.15, 0.2) is 0 Å². The molecule has 0 bridgehead atoms. The first-order valence-corrected chi connectivity index (χ1v) is 7.60. The summed E-state index contributed by atoms with van der Waals surface area (Å²) < 4.78 is 0. The van der Waals surface area contributed by atoms with Crippen LogP contribution in [-0.2, 0) is 0 Å². The van der Waals surface area contributed by atoms with Crippen LogP contribution in [-0.4, -0.2) is 21.0 Å². The van der Waals surface area contributed by atoms with Crippen molar-refractivity contribution in [3.8, 4) is 17.3 Å². The number of aryl methyl sites for hydroxylation is 1. The van der Waals surface area contributed by atoms with Gasteiger partial charge in [0.1, 0.15) is 11.8 Å². The Hall–Kier alpha value is -3.99. The summed E-state index contributed by atoms with van der Waals surface area (Å²) in [5.41, 5.74) is 2.77. The van der Waals surface area contributed by atoms with Crippen LogP contribution in [0.25, 0.3) is 11.3 Å². The van der Waals surface area contributed by atoms with Gasteiger partial charge in [0.05, 0.1) is 21.9 Å². The number of anilines is 1. The van der Waals surface area contributed by atoms with Crippen molar-refractivity contribution in [2.45, 2.75) is 6.92 Å². The standard InChI is InChI=1S/C18H13N5O3/c1-11-2-4-12(5-3-11)16-9-17(22-21-16)18(24)20-15-7-6-14(23(25)26)8-13(15)10-19/h2-9H,1H3,(H,20,24)(H,21,22). The van der Waals surface area contributed by atoms with Crippen LogP contribution in [0.1, 0.15) is 21.6 Å². The van der Waals surface area contributed by atoms with Crippen LogP contribution in [0.5, 0.6) is 0 Å². The first-order valence-electron chi connectivity index (χ1n) is 7.60. The lowest BCUT2D eigenvalue weighted by Gasteiger charge is -2.05. The molecule has 128 valence electrons. The van der Waals surface area contributed by atoms with Crippen LogP contribution in [0, 0.1) is 28.4 Å². The second-order valence-corrected chi connectivity index (χ2v) is 5.59. The van der Waals surface area contributed by atoms with E-state index >= 15 is 0 Å². The number of nitrogens with one attached hydrogen (secondary N) is 2. The summed E-state index contributed by atoms with van der Waals surface area (Å²) in [5.74, 6) is -0.499. The Morgan fingerprint density at radius 1 is 1.23 bits per heavy atom. The van der Waals surface area contributed by atoms with Crippen molar-refractivity contribution in [1.82, 2.24) is 10.2 Å². The van der Waals surface area contributed by atoms with Crippen LogP contribution in [0.15, 0.2) is 48.5 Å². The quantitative estimate of drug-likeness (QED) is 0.552. The number of nitro benzene ring substituents is 1. The van der Waals surface area contributed by atoms with E-state index in [0.717, 1.165) is 17.2 Å². The van der Waals surface area contributed by atoms with Crippen molar-refractivity contribution in [2.24, 2.45) is 0 Å². The number of amides is 1. The fourth-order valence-corrected chi connectivity index (χ4v) is 2.35. The van der Waals surface area contributed by atoms with E-state index in [0.29, 0.717) is 5.69 Å². The van der Waals surface area contributed by atoms with Gasteiger partial charge in [0, 0.05) is 17.7 Å². The third kappa shape index (κ3) is 3.42. The van der Waals surface area contributed by atoms with Crippen LogP contribution in [0.4, 0.5) is 11.4 Å². The minimum absolute atomic E-state index is 0.00539. The van der Waals surface area contributed by atoms with Gasteiger partial charge in [-0.25, -0.2) is 0 Å². The number of carbonyl (C=O) groups excluding carboxylic acids is 1. The number of non-ortho nitro benzene ring substituents is 1. The molecule has 0 aliphatic rings.